The maximum Gasteiger partial charge on any atom is 0.297 e. The van der Waals surface area contributed by atoms with E-state index in [1.165, 1.54) is 0 Å². The van der Waals surface area contributed by atoms with Gasteiger partial charge in [0.25, 0.3) is 10.0 Å². The van der Waals surface area contributed by atoms with Crippen molar-refractivity contribution in [1.29, 1.82) is 0 Å². The summed E-state index contributed by atoms with van der Waals surface area (Å²) in [7, 11) is -3.96. The predicted molar refractivity (Wildman–Crippen MR) is 80.0 cm³/mol. The van der Waals surface area contributed by atoms with Gasteiger partial charge in [-0.15, -0.1) is 0 Å². The second kappa shape index (κ2) is 5.85. The van der Waals surface area contributed by atoms with Gasteiger partial charge in [-0.2, -0.15) is 8.42 Å². The van der Waals surface area contributed by atoms with Gasteiger partial charge in [0.15, 0.2) is 0 Å². The Kier molecular flexibility index (Phi) is 4.32. The lowest BCUT2D eigenvalue weighted by molar-refractivity contribution is -0.120. The summed E-state index contributed by atoms with van der Waals surface area (Å²) < 4.78 is 26.3. The first-order valence-corrected chi connectivity index (χ1v) is 8.28. The van der Waals surface area contributed by atoms with Crippen LogP contribution < -0.4 is 4.72 Å². The van der Waals surface area contributed by atoms with Crippen LogP contribution in [0.25, 0.3) is 11.0 Å². The van der Waals surface area contributed by atoms with E-state index < -0.39 is 15.9 Å². The number of fused-ring (bicyclic) bond motifs is 1. The lowest BCUT2D eigenvalue weighted by Gasteiger charge is -2.14. The van der Waals surface area contributed by atoms with Gasteiger partial charge in [0.2, 0.25) is 11.1 Å². The van der Waals surface area contributed by atoms with Gasteiger partial charge in [0.1, 0.15) is 0 Å². The summed E-state index contributed by atoms with van der Waals surface area (Å²) >= 11 is 0. The Balaban J connectivity index is 2.16. The Labute approximate surface area is 124 Å². The highest BCUT2D eigenvalue weighted by Gasteiger charge is 2.23. The van der Waals surface area contributed by atoms with E-state index >= 15 is 0 Å². The number of sulfonamides is 1. The summed E-state index contributed by atoms with van der Waals surface area (Å²) in [5.74, 6) is -0.0998. The van der Waals surface area contributed by atoms with E-state index in [2.05, 4.69) is 14.7 Å². The fourth-order valence-electron chi connectivity index (χ4n) is 1.82. The molecule has 1 aromatic heterocycles. The van der Waals surface area contributed by atoms with Crippen LogP contribution in [0.3, 0.4) is 0 Å². The number of rotatable bonds is 5. The number of hydrogen-bond acceptors (Lipinski definition) is 4. The Morgan fingerprint density at radius 1 is 1.29 bits per heavy atom. The van der Waals surface area contributed by atoms with Gasteiger partial charge in [-0.05, 0) is 24.0 Å². The number of carbonyl (C=O) groups excluding carboxylic acids is 1. The summed E-state index contributed by atoms with van der Waals surface area (Å²) in [6, 6.07) is 6.97. The Morgan fingerprint density at radius 3 is 2.57 bits per heavy atom. The minimum atomic E-state index is -3.96. The molecule has 2 rings (SSSR count). The fourth-order valence-corrected chi connectivity index (χ4v) is 2.77. The van der Waals surface area contributed by atoms with Gasteiger partial charge in [-0.3, -0.25) is 4.79 Å². The number of para-hydroxylation sites is 2. The van der Waals surface area contributed by atoms with Crippen LogP contribution in [0, 0.1) is 11.8 Å². The first kappa shape index (κ1) is 15.5. The van der Waals surface area contributed by atoms with Crippen LogP contribution in [0.15, 0.2) is 29.4 Å². The van der Waals surface area contributed by atoms with E-state index in [4.69, 9.17) is 0 Å². The third-order valence-corrected chi connectivity index (χ3v) is 4.71. The maximum absolute atomic E-state index is 12.1. The molecule has 0 saturated heterocycles. The zero-order valence-corrected chi connectivity index (χ0v) is 13.1. The number of nitrogens with one attached hydrogen (secondary N) is 2. The molecule has 0 saturated carbocycles. The average Bonchev–Trinajstić information content (AvgIpc) is 2.82. The van der Waals surface area contributed by atoms with Crippen molar-refractivity contribution in [3.8, 4) is 0 Å². The minimum absolute atomic E-state index is 0.107. The number of benzene rings is 1. The highest BCUT2D eigenvalue weighted by molar-refractivity contribution is 7.89. The van der Waals surface area contributed by atoms with Crippen LogP contribution in [-0.2, 0) is 14.8 Å². The van der Waals surface area contributed by atoms with E-state index in [-0.39, 0.29) is 17.5 Å². The first-order chi connectivity index (χ1) is 9.79. The number of aromatic amines is 1. The van der Waals surface area contributed by atoms with Gasteiger partial charge >= 0.3 is 0 Å². The third kappa shape index (κ3) is 3.60. The van der Waals surface area contributed by atoms with Crippen molar-refractivity contribution < 1.29 is 13.2 Å². The van der Waals surface area contributed by atoms with Crippen molar-refractivity contribution in [1.82, 2.24) is 14.7 Å². The zero-order chi connectivity index (χ0) is 15.6. The molecule has 0 aliphatic rings. The monoisotopic (exact) mass is 309 g/mol. The standard InChI is InChI=1S/C14H19N3O3S/c1-9(2)10(3)8-13(18)17-21(19,20)14-15-11-6-4-5-7-12(11)16-14/h4-7,9-10H,8H2,1-3H3,(H,15,16)(H,17,18). The maximum atomic E-state index is 12.1. The molecule has 2 N–H and O–H groups in total. The molecule has 0 bridgehead atoms. The average molecular weight is 309 g/mol. The third-order valence-electron chi connectivity index (χ3n) is 3.52. The van der Waals surface area contributed by atoms with Crippen LogP contribution in [0.2, 0.25) is 0 Å². The summed E-state index contributed by atoms with van der Waals surface area (Å²) in [5, 5.41) is -0.241. The number of aromatic nitrogens is 2. The van der Waals surface area contributed by atoms with Gasteiger partial charge in [0, 0.05) is 6.42 Å². The molecular formula is C14H19N3O3S. The van der Waals surface area contributed by atoms with Crippen molar-refractivity contribution in [3.05, 3.63) is 24.3 Å². The molecule has 6 nitrogen and oxygen atoms in total. The minimum Gasteiger partial charge on any atom is -0.327 e. The lowest BCUT2D eigenvalue weighted by Crippen LogP contribution is -2.32. The predicted octanol–water partition coefficient (Wildman–Crippen LogP) is 2.05. The summed E-state index contributed by atoms with van der Waals surface area (Å²) in [6.07, 6.45) is 0.164. The Hall–Kier alpha value is -1.89. The van der Waals surface area contributed by atoms with Gasteiger partial charge in [-0.25, -0.2) is 9.71 Å². The molecule has 0 aliphatic heterocycles. The molecule has 21 heavy (non-hydrogen) atoms. The van der Waals surface area contributed by atoms with Crippen molar-refractivity contribution in [2.75, 3.05) is 0 Å². The Morgan fingerprint density at radius 2 is 1.95 bits per heavy atom. The topological polar surface area (TPSA) is 91.9 Å². The number of nitrogens with zero attached hydrogens (tertiary/aromatic N) is 1. The molecule has 1 amide bonds. The molecule has 1 unspecified atom stereocenters. The second-order valence-electron chi connectivity index (χ2n) is 5.51. The molecule has 1 aromatic carbocycles. The van der Waals surface area contributed by atoms with E-state index in [0.29, 0.717) is 17.0 Å². The lowest BCUT2D eigenvalue weighted by atomic mass is 9.95. The molecule has 2 aromatic rings. The fraction of sp³-hybridized carbons (Fsp3) is 0.429. The van der Waals surface area contributed by atoms with Crippen molar-refractivity contribution in [2.24, 2.45) is 11.8 Å². The first-order valence-electron chi connectivity index (χ1n) is 6.80. The van der Waals surface area contributed by atoms with Crippen molar-refractivity contribution in [3.63, 3.8) is 0 Å². The molecule has 114 valence electrons. The summed E-state index contributed by atoms with van der Waals surface area (Å²) in [6.45, 7) is 5.90. The SMILES string of the molecule is CC(C)C(C)CC(=O)NS(=O)(=O)c1nc2ccccc2[nH]1. The summed E-state index contributed by atoms with van der Waals surface area (Å²) in [4.78, 5) is 18.5. The number of hydrogen-bond donors (Lipinski definition) is 2. The highest BCUT2D eigenvalue weighted by Crippen LogP contribution is 2.16. The van der Waals surface area contributed by atoms with Crippen molar-refractivity contribution >= 4 is 27.0 Å². The van der Waals surface area contributed by atoms with Crippen LogP contribution in [-0.4, -0.2) is 24.3 Å². The number of amides is 1. The normalized spacial score (nSPS) is 13.5. The van der Waals surface area contributed by atoms with Crippen LogP contribution in [0.1, 0.15) is 27.2 Å². The molecule has 1 heterocycles. The number of imidazole rings is 1. The number of H-pyrrole nitrogens is 1. The Bertz CT molecular complexity index is 717. The van der Waals surface area contributed by atoms with E-state index in [1.807, 2.05) is 20.8 Å². The molecule has 0 radical (unpaired) electrons. The largest absolute Gasteiger partial charge is 0.327 e. The molecule has 1 atom stereocenters. The van der Waals surface area contributed by atoms with E-state index in [0.717, 1.165) is 0 Å². The number of carbonyl (C=O) groups is 1. The molecular weight excluding hydrogens is 290 g/mol. The molecule has 0 fully saturated rings. The van der Waals surface area contributed by atoms with E-state index in [9.17, 15) is 13.2 Å². The van der Waals surface area contributed by atoms with Crippen LogP contribution >= 0.6 is 0 Å². The highest BCUT2D eigenvalue weighted by atomic mass is 32.2. The zero-order valence-electron chi connectivity index (χ0n) is 12.3. The van der Waals surface area contributed by atoms with Crippen LogP contribution in [0.5, 0.6) is 0 Å². The van der Waals surface area contributed by atoms with E-state index in [1.54, 1.807) is 24.3 Å². The summed E-state index contributed by atoms with van der Waals surface area (Å²) in [5.41, 5.74) is 1.15. The van der Waals surface area contributed by atoms with Gasteiger partial charge in [-0.1, -0.05) is 32.9 Å². The van der Waals surface area contributed by atoms with Gasteiger partial charge < -0.3 is 4.98 Å². The second-order valence-corrected chi connectivity index (χ2v) is 7.11. The van der Waals surface area contributed by atoms with Gasteiger partial charge in [0.05, 0.1) is 11.0 Å². The molecule has 0 spiro atoms. The molecule has 0 aliphatic carbocycles. The molecule has 7 heteroatoms. The quantitative estimate of drug-likeness (QED) is 0.884. The van der Waals surface area contributed by atoms with Crippen LogP contribution in [0.4, 0.5) is 0 Å². The smallest absolute Gasteiger partial charge is 0.297 e. The van der Waals surface area contributed by atoms with Crippen molar-refractivity contribution in [2.45, 2.75) is 32.3 Å².